The fourth-order valence-corrected chi connectivity index (χ4v) is 2.81. The van der Waals surface area contributed by atoms with E-state index >= 15 is 0 Å². The Morgan fingerprint density at radius 3 is 2.06 bits per heavy atom. The van der Waals surface area contributed by atoms with Crippen LogP contribution in [0.4, 0.5) is 0 Å². The Morgan fingerprint density at radius 1 is 1.18 bits per heavy atom. The van der Waals surface area contributed by atoms with Gasteiger partial charge in [-0.3, -0.25) is 0 Å². The van der Waals surface area contributed by atoms with Crippen LogP contribution < -0.4 is 4.72 Å². The maximum absolute atomic E-state index is 12.1. The summed E-state index contributed by atoms with van der Waals surface area (Å²) in [6, 6.07) is 6.48. The first-order valence-corrected chi connectivity index (χ1v) is 7.68. The van der Waals surface area contributed by atoms with E-state index in [1.165, 1.54) is 0 Å². The minimum atomic E-state index is -3.43. The van der Waals surface area contributed by atoms with Gasteiger partial charge in [-0.05, 0) is 36.6 Å². The van der Waals surface area contributed by atoms with Crippen molar-refractivity contribution >= 4 is 26.0 Å². The van der Waals surface area contributed by atoms with E-state index in [0.717, 1.165) is 4.47 Å². The van der Waals surface area contributed by atoms with Crippen molar-refractivity contribution in [3.63, 3.8) is 0 Å². The molecular weight excluding hydrogens is 302 g/mol. The molecular formula is C12H18BrNO2S. The third-order valence-electron chi connectivity index (χ3n) is 2.75. The van der Waals surface area contributed by atoms with Gasteiger partial charge in [0.15, 0.2) is 0 Å². The first-order valence-electron chi connectivity index (χ1n) is 5.41. The number of benzene rings is 1. The molecule has 0 radical (unpaired) electrons. The van der Waals surface area contributed by atoms with Crippen LogP contribution in [0.2, 0.25) is 0 Å². The molecule has 0 bridgehead atoms. The third kappa shape index (κ3) is 4.08. The summed E-state index contributed by atoms with van der Waals surface area (Å²) in [7, 11) is -3.43. The van der Waals surface area contributed by atoms with E-state index in [2.05, 4.69) is 20.7 Å². The van der Waals surface area contributed by atoms with Gasteiger partial charge in [-0.25, -0.2) is 13.1 Å². The molecule has 17 heavy (non-hydrogen) atoms. The van der Waals surface area contributed by atoms with Crippen LogP contribution in [0.3, 0.4) is 0 Å². The van der Waals surface area contributed by atoms with Crippen LogP contribution in [0.1, 0.15) is 27.7 Å². The Morgan fingerprint density at radius 2 is 1.65 bits per heavy atom. The topological polar surface area (TPSA) is 46.2 Å². The lowest BCUT2D eigenvalue weighted by atomic mass is 9.89. The average molecular weight is 320 g/mol. The van der Waals surface area contributed by atoms with Crippen molar-refractivity contribution in [3.05, 3.63) is 28.7 Å². The molecule has 1 N–H and O–H groups in total. The maximum Gasteiger partial charge on any atom is 0.240 e. The van der Waals surface area contributed by atoms with Crippen LogP contribution in [0.15, 0.2) is 33.6 Å². The highest BCUT2D eigenvalue weighted by atomic mass is 79.9. The van der Waals surface area contributed by atoms with Gasteiger partial charge < -0.3 is 0 Å². The molecule has 1 aromatic rings. The smallest absolute Gasteiger partial charge is 0.208 e. The number of nitrogens with one attached hydrogen (secondary N) is 1. The molecule has 0 aliphatic rings. The molecule has 0 spiro atoms. The summed E-state index contributed by atoms with van der Waals surface area (Å²) in [4.78, 5) is 0.289. The Hall–Kier alpha value is -0.390. The molecule has 0 aromatic heterocycles. The molecule has 0 saturated carbocycles. The molecule has 5 heteroatoms. The molecule has 0 amide bonds. The van der Waals surface area contributed by atoms with Gasteiger partial charge in [0.1, 0.15) is 0 Å². The van der Waals surface area contributed by atoms with E-state index in [4.69, 9.17) is 0 Å². The average Bonchev–Trinajstić information content (AvgIpc) is 2.16. The highest BCUT2D eigenvalue weighted by Crippen LogP contribution is 2.21. The van der Waals surface area contributed by atoms with E-state index in [-0.39, 0.29) is 16.4 Å². The monoisotopic (exact) mass is 319 g/mol. The van der Waals surface area contributed by atoms with Crippen molar-refractivity contribution in [1.82, 2.24) is 4.72 Å². The lowest BCUT2D eigenvalue weighted by Gasteiger charge is -2.27. The SMILES string of the molecule is CC(NS(=O)(=O)c1ccc(Br)cc1)C(C)(C)C. The Bertz CT molecular complexity index is 474. The summed E-state index contributed by atoms with van der Waals surface area (Å²) in [6.07, 6.45) is 0. The van der Waals surface area contributed by atoms with E-state index < -0.39 is 10.0 Å². The zero-order valence-electron chi connectivity index (χ0n) is 10.5. The van der Waals surface area contributed by atoms with Crippen LogP contribution in [-0.4, -0.2) is 14.5 Å². The molecule has 1 atom stereocenters. The quantitative estimate of drug-likeness (QED) is 0.930. The molecule has 0 saturated heterocycles. The van der Waals surface area contributed by atoms with E-state index in [9.17, 15) is 8.42 Å². The van der Waals surface area contributed by atoms with Gasteiger partial charge in [0.25, 0.3) is 0 Å². The maximum atomic E-state index is 12.1. The van der Waals surface area contributed by atoms with Gasteiger partial charge in [-0.15, -0.1) is 0 Å². The zero-order valence-corrected chi connectivity index (χ0v) is 12.9. The van der Waals surface area contributed by atoms with Crippen molar-refractivity contribution in [2.75, 3.05) is 0 Å². The Labute approximate surface area is 112 Å². The second kappa shape index (κ2) is 5.08. The number of hydrogen-bond donors (Lipinski definition) is 1. The lowest BCUT2D eigenvalue weighted by Crippen LogP contribution is -2.41. The second-order valence-corrected chi connectivity index (χ2v) is 7.79. The summed E-state index contributed by atoms with van der Waals surface area (Å²) in [5, 5.41) is 0. The van der Waals surface area contributed by atoms with Crippen molar-refractivity contribution in [1.29, 1.82) is 0 Å². The number of rotatable bonds is 3. The van der Waals surface area contributed by atoms with Gasteiger partial charge in [0.05, 0.1) is 4.90 Å². The molecule has 1 rings (SSSR count). The predicted octanol–water partition coefficient (Wildman–Crippen LogP) is 3.16. The van der Waals surface area contributed by atoms with Crippen LogP contribution in [0.5, 0.6) is 0 Å². The van der Waals surface area contributed by atoms with Gasteiger partial charge >= 0.3 is 0 Å². The summed E-state index contributed by atoms with van der Waals surface area (Å²) < 4.78 is 27.7. The molecule has 0 aliphatic carbocycles. The highest BCUT2D eigenvalue weighted by molar-refractivity contribution is 9.10. The van der Waals surface area contributed by atoms with Crippen LogP contribution >= 0.6 is 15.9 Å². The highest BCUT2D eigenvalue weighted by Gasteiger charge is 2.25. The number of hydrogen-bond acceptors (Lipinski definition) is 2. The summed E-state index contributed by atoms with van der Waals surface area (Å²) in [5.41, 5.74) is -0.109. The number of halogens is 1. The van der Waals surface area contributed by atoms with Crippen molar-refractivity contribution in [2.24, 2.45) is 5.41 Å². The second-order valence-electron chi connectivity index (χ2n) is 5.16. The summed E-state index contributed by atoms with van der Waals surface area (Å²) in [5.74, 6) is 0. The number of sulfonamides is 1. The van der Waals surface area contributed by atoms with E-state index in [0.29, 0.717) is 0 Å². The molecule has 0 aliphatic heterocycles. The van der Waals surface area contributed by atoms with Gasteiger partial charge in [0, 0.05) is 10.5 Å². The van der Waals surface area contributed by atoms with E-state index in [1.54, 1.807) is 24.3 Å². The fourth-order valence-electron chi connectivity index (χ4n) is 1.09. The minimum absolute atomic E-state index is 0.109. The van der Waals surface area contributed by atoms with Crippen LogP contribution in [-0.2, 0) is 10.0 Å². The van der Waals surface area contributed by atoms with Crippen LogP contribution in [0.25, 0.3) is 0 Å². The molecule has 1 unspecified atom stereocenters. The van der Waals surface area contributed by atoms with Gasteiger partial charge in [-0.2, -0.15) is 0 Å². The van der Waals surface area contributed by atoms with Crippen molar-refractivity contribution in [3.8, 4) is 0 Å². The molecule has 0 fully saturated rings. The molecule has 96 valence electrons. The fraction of sp³-hybridized carbons (Fsp3) is 0.500. The van der Waals surface area contributed by atoms with Crippen molar-refractivity contribution in [2.45, 2.75) is 38.6 Å². The first kappa shape index (κ1) is 14.7. The third-order valence-corrected chi connectivity index (χ3v) is 4.84. The lowest BCUT2D eigenvalue weighted by molar-refractivity contribution is 0.317. The van der Waals surface area contributed by atoms with Crippen LogP contribution in [0, 0.1) is 5.41 Å². The predicted molar refractivity (Wildman–Crippen MR) is 73.4 cm³/mol. The molecule has 0 heterocycles. The van der Waals surface area contributed by atoms with E-state index in [1.807, 2.05) is 27.7 Å². The Balaban J connectivity index is 2.94. The Kier molecular flexibility index (Phi) is 4.38. The van der Waals surface area contributed by atoms with Gasteiger partial charge in [-0.1, -0.05) is 36.7 Å². The first-order chi connectivity index (χ1) is 7.63. The standard InChI is InChI=1S/C12H18BrNO2S/c1-9(12(2,3)4)14-17(15,16)11-7-5-10(13)6-8-11/h5-9,14H,1-4H3. The summed E-state index contributed by atoms with van der Waals surface area (Å²) in [6.45, 7) is 7.88. The van der Waals surface area contributed by atoms with Crippen molar-refractivity contribution < 1.29 is 8.42 Å². The van der Waals surface area contributed by atoms with Gasteiger partial charge in [0.2, 0.25) is 10.0 Å². The molecule has 1 aromatic carbocycles. The largest absolute Gasteiger partial charge is 0.240 e. The normalized spacial score (nSPS) is 14.6. The zero-order chi connectivity index (χ0) is 13.3. The summed E-state index contributed by atoms with van der Waals surface area (Å²) >= 11 is 3.28. The minimum Gasteiger partial charge on any atom is -0.208 e. The molecule has 3 nitrogen and oxygen atoms in total.